The zero-order chi connectivity index (χ0) is 17.7. The van der Waals surface area contributed by atoms with Crippen LogP contribution in [0.15, 0.2) is 16.8 Å². The second-order valence-electron chi connectivity index (χ2n) is 7.15. The molecule has 136 valence electrons. The fourth-order valence-electron chi connectivity index (χ4n) is 3.63. The van der Waals surface area contributed by atoms with Crippen LogP contribution in [0.5, 0.6) is 0 Å². The molecule has 3 aromatic heterocycles. The number of fused-ring (bicyclic) bond motifs is 2. The lowest BCUT2D eigenvalue weighted by atomic mass is 10.1. The van der Waals surface area contributed by atoms with Gasteiger partial charge in [0.25, 0.3) is 5.71 Å². The summed E-state index contributed by atoms with van der Waals surface area (Å²) in [6, 6.07) is 2.04. The number of aryl methyl sites for hydroxylation is 2. The van der Waals surface area contributed by atoms with Crippen LogP contribution in [-0.2, 0) is 19.5 Å². The van der Waals surface area contributed by atoms with Gasteiger partial charge in [-0.05, 0) is 31.2 Å². The summed E-state index contributed by atoms with van der Waals surface area (Å²) in [4.78, 5) is 15.5. The molecule has 1 N–H and O–H groups in total. The molecule has 26 heavy (non-hydrogen) atoms. The van der Waals surface area contributed by atoms with Crippen molar-refractivity contribution < 1.29 is 9.52 Å². The number of oxazole rings is 1. The fourth-order valence-corrected chi connectivity index (χ4v) is 3.63. The number of rotatable bonds is 4. The van der Waals surface area contributed by atoms with Gasteiger partial charge in [0.15, 0.2) is 17.2 Å². The van der Waals surface area contributed by atoms with Crippen molar-refractivity contribution in [2.45, 2.75) is 51.8 Å². The van der Waals surface area contributed by atoms with E-state index in [1.54, 1.807) is 0 Å². The number of hydrogen-bond donors (Lipinski definition) is 1. The third kappa shape index (κ3) is 2.65. The van der Waals surface area contributed by atoms with Crippen molar-refractivity contribution in [1.82, 2.24) is 24.7 Å². The minimum Gasteiger partial charge on any atom is -0.422 e. The van der Waals surface area contributed by atoms with Crippen LogP contribution in [-0.4, -0.2) is 36.4 Å². The molecule has 1 saturated carbocycles. The monoisotopic (exact) mass is 354 g/mol. The van der Waals surface area contributed by atoms with Crippen LogP contribution < -0.4 is 4.90 Å². The van der Waals surface area contributed by atoms with Crippen molar-refractivity contribution in [3.63, 3.8) is 0 Å². The van der Waals surface area contributed by atoms with Crippen molar-refractivity contribution >= 4 is 17.0 Å². The Morgan fingerprint density at radius 2 is 2.19 bits per heavy atom. The number of nitrogens with zero attached hydrogens (tertiary/aromatic N) is 6. The third-order valence-electron chi connectivity index (χ3n) is 5.23. The predicted octanol–water partition coefficient (Wildman–Crippen LogP) is 2.23. The maximum Gasteiger partial charge on any atom is 0.252 e. The Morgan fingerprint density at radius 3 is 3.00 bits per heavy atom. The molecule has 1 unspecified atom stereocenters. The number of aliphatic hydroxyl groups is 1. The van der Waals surface area contributed by atoms with Gasteiger partial charge in [0, 0.05) is 19.5 Å². The Hall–Kier alpha value is -2.48. The van der Waals surface area contributed by atoms with E-state index in [-0.39, 0.29) is 0 Å². The average Bonchev–Trinajstić information content (AvgIpc) is 3.35. The van der Waals surface area contributed by atoms with Gasteiger partial charge in [-0.3, -0.25) is 4.68 Å². The maximum atomic E-state index is 10.4. The van der Waals surface area contributed by atoms with Gasteiger partial charge in [0.05, 0.1) is 17.9 Å². The smallest absolute Gasteiger partial charge is 0.252 e. The van der Waals surface area contributed by atoms with Gasteiger partial charge in [-0.1, -0.05) is 6.92 Å². The SMILES string of the molecule is CCc1nc2c(N3CCCn4nc(C(O)C5CC5)cc4C3)ncnc2o1. The Balaban J connectivity index is 1.48. The summed E-state index contributed by atoms with van der Waals surface area (Å²) in [7, 11) is 0. The number of aliphatic hydroxyl groups excluding tert-OH is 1. The summed E-state index contributed by atoms with van der Waals surface area (Å²) in [6.45, 7) is 4.40. The Morgan fingerprint density at radius 1 is 1.31 bits per heavy atom. The first-order valence-corrected chi connectivity index (χ1v) is 9.33. The largest absolute Gasteiger partial charge is 0.422 e. The number of aromatic nitrogens is 5. The van der Waals surface area contributed by atoms with E-state index in [1.807, 2.05) is 17.7 Å². The van der Waals surface area contributed by atoms with Crippen molar-refractivity contribution in [3.05, 3.63) is 29.7 Å². The Kier molecular flexibility index (Phi) is 3.66. The molecule has 8 heteroatoms. The van der Waals surface area contributed by atoms with Crippen molar-refractivity contribution in [2.75, 3.05) is 11.4 Å². The second kappa shape index (κ2) is 6.05. The summed E-state index contributed by atoms with van der Waals surface area (Å²) in [6.07, 6.45) is 4.98. The van der Waals surface area contributed by atoms with Crippen LogP contribution in [0.1, 0.15) is 49.6 Å². The average molecular weight is 354 g/mol. The summed E-state index contributed by atoms with van der Waals surface area (Å²) in [5.74, 6) is 1.86. The van der Waals surface area contributed by atoms with Crippen LogP contribution in [0, 0.1) is 5.92 Å². The molecule has 1 atom stereocenters. The van der Waals surface area contributed by atoms with Crippen molar-refractivity contribution in [3.8, 4) is 0 Å². The molecule has 4 heterocycles. The quantitative estimate of drug-likeness (QED) is 0.768. The van der Waals surface area contributed by atoms with Gasteiger partial charge < -0.3 is 14.4 Å². The highest BCUT2D eigenvalue weighted by atomic mass is 16.4. The molecule has 1 aliphatic carbocycles. The third-order valence-corrected chi connectivity index (χ3v) is 5.23. The van der Waals surface area contributed by atoms with Crippen LogP contribution in [0.3, 0.4) is 0 Å². The van der Waals surface area contributed by atoms with Gasteiger partial charge in [-0.15, -0.1) is 0 Å². The first kappa shape index (κ1) is 15.7. The molecule has 0 amide bonds. The molecule has 0 radical (unpaired) electrons. The lowest BCUT2D eigenvalue weighted by Gasteiger charge is -2.20. The molecular weight excluding hydrogens is 332 g/mol. The van der Waals surface area contributed by atoms with Crippen molar-refractivity contribution in [2.24, 2.45) is 5.92 Å². The molecule has 8 nitrogen and oxygen atoms in total. The molecular formula is C18H22N6O2. The second-order valence-corrected chi connectivity index (χ2v) is 7.15. The fraction of sp³-hybridized carbons (Fsp3) is 0.556. The van der Waals surface area contributed by atoms with E-state index in [0.717, 1.165) is 61.5 Å². The standard InChI is InChI=1S/C18H22N6O2/c1-2-14-21-15-17(19-10-20-18(15)26-14)23-6-3-7-24-12(9-23)8-13(22-24)16(25)11-4-5-11/h8,10-11,16,25H,2-7,9H2,1H3. The van der Waals surface area contributed by atoms with Gasteiger partial charge in [-0.25, -0.2) is 9.97 Å². The van der Waals surface area contributed by atoms with Crippen LogP contribution in [0.2, 0.25) is 0 Å². The van der Waals surface area contributed by atoms with E-state index >= 15 is 0 Å². The first-order valence-electron chi connectivity index (χ1n) is 9.33. The highest BCUT2D eigenvalue weighted by Gasteiger charge is 2.33. The van der Waals surface area contributed by atoms with Crippen LogP contribution in [0.25, 0.3) is 11.2 Å². The normalized spacial score (nSPS) is 18.8. The first-order chi connectivity index (χ1) is 12.7. The van der Waals surface area contributed by atoms with E-state index < -0.39 is 6.10 Å². The predicted molar refractivity (Wildman–Crippen MR) is 94.6 cm³/mol. The zero-order valence-corrected chi connectivity index (χ0v) is 14.8. The molecule has 0 aromatic carbocycles. The zero-order valence-electron chi connectivity index (χ0n) is 14.8. The molecule has 3 aromatic rings. The van der Waals surface area contributed by atoms with E-state index in [1.165, 1.54) is 6.33 Å². The molecule has 0 bridgehead atoms. The maximum absolute atomic E-state index is 10.4. The van der Waals surface area contributed by atoms with E-state index in [0.29, 0.717) is 24.1 Å². The van der Waals surface area contributed by atoms with Gasteiger partial charge in [0.2, 0.25) is 0 Å². The Labute approximate surface area is 150 Å². The summed E-state index contributed by atoms with van der Waals surface area (Å²) in [5.41, 5.74) is 3.15. The van der Waals surface area contributed by atoms with Gasteiger partial charge in [0.1, 0.15) is 12.4 Å². The summed E-state index contributed by atoms with van der Waals surface area (Å²) < 4.78 is 7.71. The lowest BCUT2D eigenvalue weighted by Crippen LogP contribution is -2.24. The Bertz CT molecular complexity index is 944. The topological polar surface area (TPSA) is 93.1 Å². The number of hydrogen-bond acceptors (Lipinski definition) is 7. The van der Waals surface area contributed by atoms with Crippen molar-refractivity contribution in [1.29, 1.82) is 0 Å². The molecule has 0 spiro atoms. The lowest BCUT2D eigenvalue weighted by molar-refractivity contribution is 0.148. The van der Waals surface area contributed by atoms with E-state index in [9.17, 15) is 5.11 Å². The van der Waals surface area contributed by atoms with Crippen LogP contribution >= 0.6 is 0 Å². The minimum atomic E-state index is -0.434. The highest BCUT2D eigenvalue weighted by molar-refractivity contribution is 5.81. The van der Waals surface area contributed by atoms with Crippen LogP contribution in [0.4, 0.5) is 5.82 Å². The minimum absolute atomic E-state index is 0.384. The summed E-state index contributed by atoms with van der Waals surface area (Å²) >= 11 is 0. The molecule has 1 fully saturated rings. The molecule has 5 rings (SSSR count). The number of anilines is 1. The molecule has 2 aliphatic rings. The van der Waals surface area contributed by atoms with Gasteiger partial charge in [-0.2, -0.15) is 10.1 Å². The van der Waals surface area contributed by atoms with E-state index in [4.69, 9.17) is 4.42 Å². The summed E-state index contributed by atoms with van der Waals surface area (Å²) in [5, 5.41) is 15.1. The van der Waals surface area contributed by atoms with E-state index in [2.05, 4.69) is 25.0 Å². The molecule has 1 aliphatic heterocycles. The highest BCUT2D eigenvalue weighted by Crippen LogP contribution is 2.40. The molecule has 0 saturated heterocycles. The van der Waals surface area contributed by atoms with Gasteiger partial charge >= 0.3 is 0 Å².